The third-order valence-corrected chi connectivity index (χ3v) is 11.2. The van der Waals surface area contributed by atoms with Crippen LogP contribution >= 0.6 is 0 Å². The molecule has 0 aliphatic heterocycles. The van der Waals surface area contributed by atoms with Crippen LogP contribution in [0.3, 0.4) is 0 Å². The molecule has 0 aromatic heterocycles. The van der Waals surface area contributed by atoms with Gasteiger partial charge in [0.2, 0.25) is 0 Å². The highest BCUT2D eigenvalue weighted by Crippen LogP contribution is 2.66. The van der Waals surface area contributed by atoms with Crippen molar-refractivity contribution in [2.24, 2.45) is 10.9 Å². The molecule has 0 N–H and O–H groups in total. The van der Waals surface area contributed by atoms with Gasteiger partial charge in [-0.3, -0.25) is 4.99 Å². The van der Waals surface area contributed by atoms with Crippen molar-refractivity contribution in [3.63, 3.8) is 0 Å². The zero-order valence-corrected chi connectivity index (χ0v) is 26.1. The van der Waals surface area contributed by atoms with Gasteiger partial charge in [0, 0.05) is 23.0 Å². The first-order valence-corrected chi connectivity index (χ1v) is 16.8. The number of aliphatic imine (C=N–C) groups is 1. The van der Waals surface area contributed by atoms with Crippen molar-refractivity contribution in [3.05, 3.63) is 214 Å². The van der Waals surface area contributed by atoms with Crippen LogP contribution in [0.5, 0.6) is 0 Å². The Kier molecular flexibility index (Phi) is 5.81. The zero-order chi connectivity index (χ0) is 31.0. The van der Waals surface area contributed by atoms with Crippen LogP contribution in [0.15, 0.2) is 169 Å². The number of nitrogens with zero attached hydrogens (tertiary/aromatic N) is 1. The molecule has 10 rings (SSSR count). The molecule has 4 aliphatic carbocycles. The number of benzene rings is 6. The van der Waals surface area contributed by atoms with Gasteiger partial charge in [0.05, 0.1) is 17.7 Å². The highest BCUT2D eigenvalue weighted by Gasteiger charge is 2.57. The van der Waals surface area contributed by atoms with Gasteiger partial charge in [0.15, 0.2) is 0 Å². The summed E-state index contributed by atoms with van der Waals surface area (Å²) >= 11 is 0. The predicted octanol–water partition coefficient (Wildman–Crippen LogP) is 10.4. The van der Waals surface area contributed by atoms with Gasteiger partial charge < -0.3 is 0 Å². The van der Waals surface area contributed by atoms with E-state index in [1.165, 1.54) is 61.2 Å². The maximum absolute atomic E-state index is 5.31. The molecular weight excluding hydrogens is 567 g/mol. The fourth-order valence-corrected chi connectivity index (χ4v) is 9.33. The van der Waals surface area contributed by atoms with Crippen molar-refractivity contribution in [1.82, 2.24) is 0 Å². The molecule has 0 saturated carbocycles. The lowest BCUT2D eigenvalue weighted by Gasteiger charge is -2.36. The lowest BCUT2D eigenvalue weighted by molar-refractivity contribution is 0.465. The first kappa shape index (κ1) is 26.7. The van der Waals surface area contributed by atoms with Crippen LogP contribution < -0.4 is 0 Å². The van der Waals surface area contributed by atoms with Crippen LogP contribution in [-0.2, 0) is 18.4 Å². The highest BCUT2D eigenvalue weighted by atomic mass is 14.7. The van der Waals surface area contributed by atoms with E-state index in [1.54, 1.807) is 0 Å². The van der Waals surface area contributed by atoms with Crippen molar-refractivity contribution in [2.75, 3.05) is 0 Å². The molecule has 3 unspecified atom stereocenters. The van der Waals surface area contributed by atoms with Gasteiger partial charge >= 0.3 is 0 Å². The normalized spacial score (nSPS) is 20.3. The third-order valence-electron chi connectivity index (χ3n) is 11.2. The van der Waals surface area contributed by atoms with E-state index in [9.17, 15) is 0 Å². The zero-order valence-electron chi connectivity index (χ0n) is 26.1. The van der Waals surface area contributed by atoms with E-state index < -0.39 is 0 Å². The van der Waals surface area contributed by atoms with Crippen LogP contribution in [0.25, 0.3) is 22.3 Å². The summed E-state index contributed by atoms with van der Waals surface area (Å²) < 4.78 is 0. The van der Waals surface area contributed by atoms with Gasteiger partial charge in [-0.15, -0.1) is 0 Å². The molecule has 0 radical (unpaired) electrons. The molecule has 47 heavy (non-hydrogen) atoms. The Morgan fingerprint density at radius 3 is 2.02 bits per heavy atom. The van der Waals surface area contributed by atoms with Gasteiger partial charge in [0.1, 0.15) is 0 Å². The average Bonchev–Trinajstić information content (AvgIpc) is 3.77. The fourth-order valence-electron chi connectivity index (χ4n) is 9.33. The number of hydrogen-bond acceptors (Lipinski definition) is 1. The van der Waals surface area contributed by atoms with E-state index >= 15 is 0 Å². The fraction of sp³-hybridized carbons (Fsp3) is 0.109. The Hall–Kier alpha value is -5.53. The van der Waals surface area contributed by atoms with E-state index in [1.807, 2.05) is 0 Å². The van der Waals surface area contributed by atoms with E-state index in [4.69, 9.17) is 4.99 Å². The molecule has 1 spiro atoms. The third kappa shape index (κ3) is 3.69. The molecule has 1 heteroatoms. The quantitative estimate of drug-likeness (QED) is 0.179. The second kappa shape index (κ2) is 10.2. The van der Waals surface area contributed by atoms with Gasteiger partial charge in [0.25, 0.3) is 0 Å². The smallest absolute Gasteiger partial charge is 0.0723 e. The number of allylic oxidation sites excluding steroid dienone is 4. The van der Waals surface area contributed by atoms with Gasteiger partial charge in [-0.05, 0) is 67.6 Å². The van der Waals surface area contributed by atoms with E-state index in [0.717, 1.165) is 23.3 Å². The summed E-state index contributed by atoms with van der Waals surface area (Å²) in [6, 6.07) is 51.4. The number of fused-ring (bicyclic) bond motifs is 14. The Balaban J connectivity index is 1.12. The summed E-state index contributed by atoms with van der Waals surface area (Å²) in [6.45, 7) is 0.646. The summed E-state index contributed by atoms with van der Waals surface area (Å²) in [5.41, 5.74) is 18.8. The highest BCUT2D eigenvalue weighted by molar-refractivity contribution is 6.12. The maximum atomic E-state index is 5.31. The Morgan fingerprint density at radius 1 is 0.553 bits per heavy atom. The molecule has 1 nitrogen and oxygen atoms in total. The van der Waals surface area contributed by atoms with Crippen molar-refractivity contribution in [3.8, 4) is 22.3 Å². The topological polar surface area (TPSA) is 12.4 Å². The lowest BCUT2D eigenvalue weighted by Crippen LogP contribution is -2.33. The Labute approximate surface area is 276 Å². The lowest BCUT2D eigenvalue weighted by atomic mass is 9.65. The molecule has 6 aromatic rings. The summed E-state index contributed by atoms with van der Waals surface area (Å²) in [5.74, 6) is 0.738. The largest absolute Gasteiger partial charge is 0.279 e. The molecule has 3 atom stereocenters. The molecule has 0 saturated heterocycles. The minimum Gasteiger partial charge on any atom is -0.279 e. The van der Waals surface area contributed by atoms with E-state index in [-0.39, 0.29) is 5.41 Å². The molecule has 0 amide bonds. The molecule has 4 aliphatic rings. The van der Waals surface area contributed by atoms with Crippen LogP contribution in [0.4, 0.5) is 0 Å². The number of rotatable bonds is 4. The predicted molar refractivity (Wildman–Crippen MR) is 193 cm³/mol. The standard InChI is InChI=1S/C46H33N/c1-3-14-30(15-4-1)45(31-16-5-2-6-17-31)47-29-32-18-13-22-33-34-26-27-43-44(39(34)28-38(32)33)37-21-9-12-25-42(37)46(43)40-23-10-7-19-35(40)36-20-8-11-24-41(36)46/h1-27,35,40H,28-29H2. The van der Waals surface area contributed by atoms with Gasteiger partial charge in [-0.25, -0.2) is 0 Å². The minimum atomic E-state index is -0.189. The second-order valence-corrected chi connectivity index (χ2v) is 13.3. The van der Waals surface area contributed by atoms with Crippen molar-refractivity contribution in [2.45, 2.75) is 24.3 Å². The SMILES string of the molecule is C1=CC2c3ccccc3C3(c4ccccc4-c4c3ccc3c4Cc4c(CN=C(c5ccccc5)c5ccccc5)cccc4-3)C2C=C1. The number of hydrogen-bond donors (Lipinski definition) is 0. The summed E-state index contributed by atoms with van der Waals surface area (Å²) in [6.07, 6.45) is 10.3. The Bertz CT molecular complexity index is 2260. The molecular formula is C46H33N. The summed E-state index contributed by atoms with van der Waals surface area (Å²) in [5, 5.41) is 0. The van der Waals surface area contributed by atoms with E-state index in [0.29, 0.717) is 18.4 Å². The summed E-state index contributed by atoms with van der Waals surface area (Å²) in [7, 11) is 0. The monoisotopic (exact) mass is 599 g/mol. The van der Waals surface area contributed by atoms with Crippen LogP contribution in [0.1, 0.15) is 56.0 Å². The molecule has 0 heterocycles. The molecule has 0 fully saturated rings. The van der Waals surface area contributed by atoms with Crippen LogP contribution in [0, 0.1) is 5.92 Å². The van der Waals surface area contributed by atoms with Crippen molar-refractivity contribution < 1.29 is 0 Å². The second-order valence-electron chi connectivity index (χ2n) is 13.3. The van der Waals surface area contributed by atoms with Crippen LogP contribution in [-0.4, -0.2) is 5.71 Å². The van der Waals surface area contributed by atoms with Gasteiger partial charge in [-0.2, -0.15) is 0 Å². The van der Waals surface area contributed by atoms with Crippen LogP contribution in [0.2, 0.25) is 0 Å². The first-order valence-electron chi connectivity index (χ1n) is 16.8. The van der Waals surface area contributed by atoms with Crippen molar-refractivity contribution >= 4 is 5.71 Å². The summed E-state index contributed by atoms with van der Waals surface area (Å²) in [4.78, 5) is 5.31. The molecule has 0 bridgehead atoms. The molecule has 222 valence electrons. The Morgan fingerprint density at radius 2 is 1.21 bits per heavy atom. The average molecular weight is 600 g/mol. The van der Waals surface area contributed by atoms with E-state index in [2.05, 4.69) is 164 Å². The minimum absolute atomic E-state index is 0.189. The maximum Gasteiger partial charge on any atom is 0.0723 e. The first-order chi connectivity index (χ1) is 23.3. The van der Waals surface area contributed by atoms with Crippen molar-refractivity contribution in [1.29, 1.82) is 0 Å². The van der Waals surface area contributed by atoms with Gasteiger partial charge in [-0.1, -0.05) is 164 Å². The molecule has 6 aromatic carbocycles.